The summed E-state index contributed by atoms with van der Waals surface area (Å²) in [7, 11) is 0. The van der Waals surface area contributed by atoms with E-state index in [9.17, 15) is 14.0 Å². The maximum atomic E-state index is 13.9. The Labute approximate surface area is 178 Å². The summed E-state index contributed by atoms with van der Waals surface area (Å²) >= 11 is 1.25. The molecule has 1 aliphatic heterocycles. The fourth-order valence-electron chi connectivity index (χ4n) is 3.03. The van der Waals surface area contributed by atoms with Crippen molar-refractivity contribution in [2.24, 2.45) is 0 Å². The summed E-state index contributed by atoms with van der Waals surface area (Å²) in [6, 6.07) is 19.4. The van der Waals surface area contributed by atoms with Crippen molar-refractivity contribution in [1.29, 1.82) is 0 Å². The summed E-state index contributed by atoms with van der Waals surface area (Å²) in [5.41, 5.74) is 3.56. The second-order valence-corrected chi connectivity index (χ2v) is 8.05. The molecule has 3 aromatic rings. The third-order valence-corrected chi connectivity index (χ3v) is 5.80. The molecule has 0 aliphatic carbocycles. The lowest BCUT2D eigenvalue weighted by atomic mass is 10.1. The fraction of sp³-hybridized carbons (Fsp3) is 0.0833. The highest BCUT2D eigenvalue weighted by Gasteiger charge is 2.22. The van der Waals surface area contributed by atoms with E-state index in [4.69, 9.17) is 0 Å². The number of thioether (sulfide) groups is 1. The molecule has 1 heterocycles. The van der Waals surface area contributed by atoms with Crippen LogP contribution < -0.4 is 10.6 Å². The molecule has 0 saturated carbocycles. The Morgan fingerprint density at radius 2 is 1.87 bits per heavy atom. The summed E-state index contributed by atoms with van der Waals surface area (Å²) in [5.74, 6) is -0.928. The number of halogens is 1. The molecule has 30 heavy (non-hydrogen) atoms. The monoisotopic (exact) mass is 418 g/mol. The molecule has 3 aromatic carbocycles. The molecular formula is C24H19FN2O2S. The van der Waals surface area contributed by atoms with Gasteiger partial charge in [-0.3, -0.25) is 9.59 Å². The number of amides is 2. The number of benzene rings is 3. The van der Waals surface area contributed by atoms with E-state index in [1.807, 2.05) is 31.2 Å². The van der Waals surface area contributed by atoms with Gasteiger partial charge in [-0.25, -0.2) is 4.39 Å². The molecule has 150 valence electrons. The number of fused-ring (bicyclic) bond motifs is 1. The largest absolute Gasteiger partial charge is 0.348 e. The first-order valence-electron chi connectivity index (χ1n) is 9.43. The second-order valence-electron chi connectivity index (χ2n) is 6.97. The van der Waals surface area contributed by atoms with E-state index in [0.29, 0.717) is 28.3 Å². The van der Waals surface area contributed by atoms with Gasteiger partial charge in [0.2, 0.25) is 0 Å². The molecule has 0 unspecified atom stereocenters. The minimum Gasteiger partial charge on any atom is -0.348 e. The number of hydrogen-bond donors (Lipinski definition) is 2. The van der Waals surface area contributed by atoms with Crippen LogP contribution in [0.1, 0.15) is 27.0 Å². The first-order chi connectivity index (χ1) is 14.5. The molecule has 0 radical (unpaired) electrons. The fourth-order valence-corrected chi connectivity index (χ4v) is 3.95. The van der Waals surface area contributed by atoms with Crippen LogP contribution in [0.2, 0.25) is 0 Å². The second kappa shape index (κ2) is 8.55. The maximum Gasteiger partial charge on any atom is 0.262 e. The van der Waals surface area contributed by atoms with E-state index in [0.717, 1.165) is 16.0 Å². The van der Waals surface area contributed by atoms with Crippen LogP contribution in [0, 0.1) is 12.7 Å². The van der Waals surface area contributed by atoms with E-state index in [1.165, 1.54) is 23.9 Å². The van der Waals surface area contributed by atoms with Crippen molar-refractivity contribution in [3.63, 3.8) is 0 Å². The van der Waals surface area contributed by atoms with Gasteiger partial charge < -0.3 is 10.6 Å². The maximum absolute atomic E-state index is 13.9. The quantitative estimate of drug-likeness (QED) is 0.576. The molecule has 4 nitrogen and oxygen atoms in total. The smallest absolute Gasteiger partial charge is 0.262 e. The van der Waals surface area contributed by atoms with Gasteiger partial charge >= 0.3 is 0 Å². The molecule has 0 fully saturated rings. The SMILES string of the molecule is Cc1ccc(CNC(=O)c2ccc3c(c2)NC(=O)/C(=C\c2ccccc2F)S3)cc1. The van der Waals surface area contributed by atoms with Gasteiger partial charge in [-0.2, -0.15) is 0 Å². The molecule has 0 spiro atoms. The highest BCUT2D eigenvalue weighted by Crippen LogP contribution is 2.39. The van der Waals surface area contributed by atoms with Crippen LogP contribution in [0.25, 0.3) is 6.08 Å². The van der Waals surface area contributed by atoms with Crippen molar-refractivity contribution in [3.05, 3.63) is 99.7 Å². The van der Waals surface area contributed by atoms with Crippen LogP contribution >= 0.6 is 11.8 Å². The predicted molar refractivity (Wildman–Crippen MR) is 118 cm³/mol. The van der Waals surface area contributed by atoms with Crippen LogP contribution in [0.5, 0.6) is 0 Å². The Kier molecular flexibility index (Phi) is 5.68. The van der Waals surface area contributed by atoms with Crippen molar-refractivity contribution in [3.8, 4) is 0 Å². The van der Waals surface area contributed by atoms with Gasteiger partial charge in [-0.1, -0.05) is 59.8 Å². The van der Waals surface area contributed by atoms with E-state index < -0.39 is 0 Å². The molecular weight excluding hydrogens is 399 g/mol. The number of aryl methyl sites for hydroxylation is 1. The zero-order chi connectivity index (χ0) is 21.1. The third-order valence-electron chi connectivity index (χ3n) is 4.70. The number of anilines is 1. The number of hydrogen-bond acceptors (Lipinski definition) is 3. The van der Waals surface area contributed by atoms with Gasteiger partial charge in [-0.15, -0.1) is 0 Å². The van der Waals surface area contributed by atoms with Gasteiger partial charge in [0.1, 0.15) is 5.82 Å². The Balaban J connectivity index is 1.49. The molecule has 0 saturated heterocycles. The molecule has 2 N–H and O–H groups in total. The van der Waals surface area contributed by atoms with Crippen molar-refractivity contribution >= 4 is 35.3 Å². The van der Waals surface area contributed by atoms with Gasteiger partial charge in [0, 0.05) is 22.6 Å². The van der Waals surface area contributed by atoms with Crippen molar-refractivity contribution < 1.29 is 14.0 Å². The molecule has 0 aromatic heterocycles. The topological polar surface area (TPSA) is 58.2 Å². The lowest BCUT2D eigenvalue weighted by Gasteiger charge is -2.19. The minimum absolute atomic E-state index is 0.217. The predicted octanol–water partition coefficient (Wildman–Crippen LogP) is 5.15. The van der Waals surface area contributed by atoms with E-state index in [2.05, 4.69) is 10.6 Å². The van der Waals surface area contributed by atoms with Gasteiger partial charge in [-0.05, 0) is 42.8 Å². The Bertz CT molecular complexity index is 1160. The summed E-state index contributed by atoms with van der Waals surface area (Å²) in [4.78, 5) is 26.2. The van der Waals surface area contributed by atoms with Crippen molar-refractivity contribution in [2.75, 3.05) is 5.32 Å². The molecule has 0 atom stereocenters. The van der Waals surface area contributed by atoms with Gasteiger partial charge in [0.05, 0.1) is 10.6 Å². The molecule has 0 bridgehead atoms. The minimum atomic E-state index is -0.384. The lowest BCUT2D eigenvalue weighted by molar-refractivity contribution is -0.112. The van der Waals surface area contributed by atoms with Crippen LogP contribution in [-0.4, -0.2) is 11.8 Å². The van der Waals surface area contributed by atoms with Crippen LogP contribution in [0.4, 0.5) is 10.1 Å². The van der Waals surface area contributed by atoms with Crippen molar-refractivity contribution in [2.45, 2.75) is 18.4 Å². The zero-order valence-electron chi connectivity index (χ0n) is 16.2. The average Bonchev–Trinajstić information content (AvgIpc) is 2.75. The zero-order valence-corrected chi connectivity index (χ0v) is 17.1. The summed E-state index contributed by atoms with van der Waals surface area (Å²) in [5, 5.41) is 5.68. The van der Waals surface area contributed by atoms with Crippen LogP contribution in [0.15, 0.2) is 76.5 Å². The molecule has 4 rings (SSSR count). The summed E-state index contributed by atoms with van der Waals surface area (Å²) < 4.78 is 13.9. The Morgan fingerprint density at radius 3 is 2.63 bits per heavy atom. The highest BCUT2D eigenvalue weighted by atomic mass is 32.2. The lowest BCUT2D eigenvalue weighted by Crippen LogP contribution is -2.23. The van der Waals surface area contributed by atoms with E-state index in [-0.39, 0.29) is 17.6 Å². The van der Waals surface area contributed by atoms with Crippen LogP contribution in [0.3, 0.4) is 0 Å². The number of nitrogens with one attached hydrogen (secondary N) is 2. The first-order valence-corrected chi connectivity index (χ1v) is 10.2. The van der Waals surface area contributed by atoms with E-state index >= 15 is 0 Å². The van der Waals surface area contributed by atoms with Gasteiger partial charge in [0.15, 0.2) is 0 Å². The van der Waals surface area contributed by atoms with Crippen molar-refractivity contribution in [1.82, 2.24) is 5.32 Å². The first kappa shape index (κ1) is 19.9. The average molecular weight is 418 g/mol. The van der Waals surface area contributed by atoms with E-state index in [1.54, 1.807) is 36.4 Å². The molecule has 2 amide bonds. The summed E-state index contributed by atoms with van der Waals surface area (Å²) in [6.07, 6.45) is 1.53. The number of rotatable bonds is 4. The third kappa shape index (κ3) is 4.44. The Hall–Kier alpha value is -3.38. The summed E-state index contributed by atoms with van der Waals surface area (Å²) in [6.45, 7) is 2.44. The molecule has 1 aliphatic rings. The number of carbonyl (C=O) groups is 2. The molecule has 6 heteroatoms. The number of carbonyl (C=O) groups excluding carboxylic acids is 2. The standard InChI is InChI=1S/C24H19FN2O2S/c1-15-6-8-16(9-7-15)14-26-23(28)18-10-11-21-20(12-18)27-24(29)22(30-21)13-17-4-2-3-5-19(17)25/h2-13H,14H2,1H3,(H,26,28)(H,27,29)/b22-13+. The normalized spacial score (nSPS) is 14.2. The Morgan fingerprint density at radius 1 is 1.10 bits per heavy atom. The highest BCUT2D eigenvalue weighted by molar-refractivity contribution is 8.04. The van der Waals surface area contributed by atoms with Crippen LogP contribution in [-0.2, 0) is 11.3 Å². The van der Waals surface area contributed by atoms with Gasteiger partial charge in [0.25, 0.3) is 11.8 Å².